The Kier molecular flexibility index (Phi) is 7.57. The molecule has 0 radical (unpaired) electrons. The van der Waals surface area contributed by atoms with E-state index in [9.17, 15) is 23.1 Å². The standard InChI is InChI=1S/C25H30F3NO4/c1-24(2,3)33-23(31)29-14-13-18(21(30)16-29)15-22(17-7-5-4-6-8-17)32-20-11-9-19(10-12-20)25(26,27)28/h4-12,18,21-22,30H,13-16H2,1-3H3/t18-,21-,22-/m1/s1. The number of likely N-dealkylation sites (tertiary alicyclic amines) is 1. The summed E-state index contributed by atoms with van der Waals surface area (Å²) in [6.07, 6.45) is -5.09. The number of nitrogens with zero attached hydrogens (tertiary/aromatic N) is 1. The highest BCUT2D eigenvalue weighted by Gasteiger charge is 2.35. The van der Waals surface area contributed by atoms with E-state index >= 15 is 0 Å². The van der Waals surface area contributed by atoms with Crippen LogP contribution in [0, 0.1) is 5.92 Å². The minimum atomic E-state index is -4.41. The number of carbonyl (C=O) groups excluding carboxylic acids is 1. The van der Waals surface area contributed by atoms with Gasteiger partial charge in [0.15, 0.2) is 0 Å². The maximum absolute atomic E-state index is 12.9. The zero-order chi connectivity index (χ0) is 24.2. The van der Waals surface area contributed by atoms with Gasteiger partial charge >= 0.3 is 12.3 Å². The fraction of sp³-hybridized carbons (Fsp3) is 0.480. The first-order chi connectivity index (χ1) is 15.4. The van der Waals surface area contributed by atoms with E-state index in [0.717, 1.165) is 17.7 Å². The molecule has 0 saturated carbocycles. The molecule has 1 heterocycles. The first kappa shape index (κ1) is 24.9. The Morgan fingerprint density at radius 2 is 1.73 bits per heavy atom. The van der Waals surface area contributed by atoms with Crippen LogP contribution in [0.2, 0.25) is 0 Å². The smallest absolute Gasteiger partial charge is 0.416 e. The van der Waals surface area contributed by atoms with Gasteiger partial charge in [0, 0.05) is 6.54 Å². The summed E-state index contributed by atoms with van der Waals surface area (Å²) in [5, 5.41) is 10.7. The van der Waals surface area contributed by atoms with Gasteiger partial charge in [-0.15, -0.1) is 0 Å². The molecule has 1 aliphatic rings. The van der Waals surface area contributed by atoms with Gasteiger partial charge in [0.05, 0.1) is 18.2 Å². The SMILES string of the molecule is CC(C)(C)OC(=O)N1CC[C@H](C[C@@H](Oc2ccc(C(F)(F)F)cc2)c2ccccc2)[C@H](O)C1. The van der Waals surface area contributed by atoms with Crippen LogP contribution in [0.5, 0.6) is 5.75 Å². The van der Waals surface area contributed by atoms with Crippen LogP contribution in [0.3, 0.4) is 0 Å². The third kappa shape index (κ3) is 7.12. The van der Waals surface area contributed by atoms with Crippen LogP contribution >= 0.6 is 0 Å². The van der Waals surface area contributed by atoms with Gasteiger partial charge in [0.1, 0.15) is 17.5 Å². The van der Waals surface area contributed by atoms with Crippen molar-refractivity contribution in [1.29, 1.82) is 0 Å². The van der Waals surface area contributed by atoms with E-state index in [1.165, 1.54) is 17.0 Å². The lowest BCUT2D eigenvalue weighted by molar-refractivity contribution is -0.137. The van der Waals surface area contributed by atoms with Gasteiger partial charge < -0.3 is 19.5 Å². The number of halogens is 3. The van der Waals surface area contributed by atoms with E-state index in [0.29, 0.717) is 25.1 Å². The predicted molar refractivity (Wildman–Crippen MR) is 118 cm³/mol. The second-order valence-electron chi connectivity index (χ2n) is 9.32. The second kappa shape index (κ2) is 10.0. The summed E-state index contributed by atoms with van der Waals surface area (Å²) in [5.74, 6) is 0.167. The lowest BCUT2D eigenvalue weighted by Gasteiger charge is -2.38. The average molecular weight is 466 g/mol. The fourth-order valence-corrected chi connectivity index (χ4v) is 3.83. The second-order valence-corrected chi connectivity index (χ2v) is 9.32. The van der Waals surface area contributed by atoms with Crippen LogP contribution in [-0.2, 0) is 10.9 Å². The van der Waals surface area contributed by atoms with Crippen LogP contribution in [0.4, 0.5) is 18.0 Å². The van der Waals surface area contributed by atoms with Gasteiger partial charge in [-0.25, -0.2) is 4.79 Å². The molecule has 1 saturated heterocycles. The van der Waals surface area contributed by atoms with E-state index in [1.807, 2.05) is 30.3 Å². The van der Waals surface area contributed by atoms with Crippen LogP contribution in [0.15, 0.2) is 54.6 Å². The number of hydrogen-bond acceptors (Lipinski definition) is 4. The summed E-state index contributed by atoms with van der Waals surface area (Å²) < 4.78 is 50.1. The normalized spacial score (nSPS) is 20.3. The fourth-order valence-electron chi connectivity index (χ4n) is 3.83. The van der Waals surface area contributed by atoms with Crippen molar-refractivity contribution >= 4 is 6.09 Å². The van der Waals surface area contributed by atoms with Crippen molar-refractivity contribution < 1.29 is 32.5 Å². The largest absolute Gasteiger partial charge is 0.486 e. The Labute approximate surface area is 192 Å². The molecule has 5 nitrogen and oxygen atoms in total. The lowest BCUT2D eigenvalue weighted by atomic mass is 9.87. The molecule has 0 aromatic heterocycles. The predicted octanol–water partition coefficient (Wildman–Crippen LogP) is 5.83. The van der Waals surface area contributed by atoms with E-state index in [2.05, 4.69) is 0 Å². The summed E-state index contributed by atoms with van der Waals surface area (Å²) in [6, 6.07) is 14.0. The molecule has 33 heavy (non-hydrogen) atoms. The molecular formula is C25H30F3NO4. The van der Waals surface area contributed by atoms with Crippen molar-refractivity contribution in [1.82, 2.24) is 4.90 Å². The summed E-state index contributed by atoms with van der Waals surface area (Å²) in [7, 11) is 0. The van der Waals surface area contributed by atoms with Crippen LogP contribution < -0.4 is 4.74 Å². The molecule has 180 valence electrons. The van der Waals surface area contributed by atoms with Crippen LogP contribution in [0.25, 0.3) is 0 Å². The van der Waals surface area contributed by atoms with E-state index in [-0.39, 0.29) is 12.5 Å². The van der Waals surface area contributed by atoms with Crippen molar-refractivity contribution in [3.63, 3.8) is 0 Å². The number of carbonyl (C=O) groups is 1. The Hall–Kier alpha value is -2.74. The number of piperidine rings is 1. The van der Waals surface area contributed by atoms with Crippen molar-refractivity contribution in [3.05, 3.63) is 65.7 Å². The summed E-state index contributed by atoms with van der Waals surface area (Å²) in [6.45, 7) is 5.96. The van der Waals surface area contributed by atoms with Crippen molar-refractivity contribution in [2.45, 2.75) is 57.6 Å². The van der Waals surface area contributed by atoms with E-state index in [4.69, 9.17) is 9.47 Å². The highest BCUT2D eigenvalue weighted by Crippen LogP contribution is 2.35. The van der Waals surface area contributed by atoms with Crippen LogP contribution in [-0.4, -0.2) is 40.9 Å². The third-order valence-electron chi connectivity index (χ3n) is 5.52. The summed E-state index contributed by atoms with van der Waals surface area (Å²) in [5.41, 5.74) is -0.498. The van der Waals surface area contributed by atoms with Gasteiger partial charge in [0.2, 0.25) is 0 Å². The number of rotatable bonds is 5. The molecule has 2 aromatic rings. The molecule has 3 rings (SSSR count). The molecule has 1 fully saturated rings. The minimum absolute atomic E-state index is 0.150. The number of ether oxygens (including phenoxy) is 2. The molecule has 0 spiro atoms. The zero-order valence-electron chi connectivity index (χ0n) is 19.0. The number of amides is 1. The summed E-state index contributed by atoms with van der Waals surface area (Å²) >= 11 is 0. The third-order valence-corrected chi connectivity index (χ3v) is 5.52. The topological polar surface area (TPSA) is 59.0 Å². The van der Waals surface area contributed by atoms with Crippen molar-refractivity contribution in [2.75, 3.05) is 13.1 Å². The van der Waals surface area contributed by atoms with Crippen molar-refractivity contribution in [3.8, 4) is 5.75 Å². The monoisotopic (exact) mass is 465 g/mol. The average Bonchev–Trinajstić information content (AvgIpc) is 2.73. The van der Waals surface area contributed by atoms with Gasteiger partial charge in [-0.3, -0.25) is 0 Å². The molecule has 2 aromatic carbocycles. The minimum Gasteiger partial charge on any atom is -0.486 e. The van der Waals surface area contributed by atoms with Gasteiger partial charge in [-0.2, -0.15) is 13.2 Å². The summed E-state index contributed by atoms with van der Waals surface area (Å²) in [4.78, 5) is 13.8. The highest BCUT2D eigenvalue weighted by atomic mass is 19.4. The number of hydrogen-bond donors (Lipinski definition) is 1. The maximum Gasteiger partial charge on any atom is 0.416 e. The quantitative estimate of drug-likeness (QED) is 0.603. The molecule has 0 bridgehead atoms. The van der Waals surface area contributed by atoms with E-state index < -0.39 is 35.6 Å². The molecule has 0 aliphatic carbocycles. The Morgan fingerprint density at radius 3 is 2.27 bits per heavy atom. The first-order valence-electron chi connectivity index (χ1n) is 11.0. The number of aliphatic hydroxyl groups excluding tert-OH is 1. The molecule has 1 amide bonds. The molecule has 1 aliphatic heterocycles. The van der Waals surface area contributed by atoms with Crippen LogP contribution in [0.1, 0.15) is 50.8 Å². The number of alkyl halides is 3. The molecule has 3 atom stereocenters. The number of benzene rings is 2. The molecule has 1 N–H and O–H groups in total. The van der Waals surface area contributed by atoms with Gasteiger partial charge in [0.25, 0.3) is 0 Å². The Morgan fingerprint density at radius 1 is 1.09 bits per heavy atom. The van der Waals surface area contributed by atoms with Crippen molar-refractivity contribution in [2.24, 2.45) is 5.92 Å². The highest BCUT2D eigenvalue weighted by molar-refractivity contribution is 5.68. The molecule has 0 unspecified atom stereocenters. The zero-order valence-corrected chi connectivity index (χ0v) is 19.0. The maximum atomic E-state index is 12.9. The Balaban J connectivity index is 1.70. The van der Waals surface area contributed by atoms with Gasteiger partial charge in [-0.1, -0.05) is 30.3 Å². The molecular weight excluding hydrogens is 435 g/mol. The van der Waals surface area contributed by atoms with E-state index in [1.54, 1.807) is 20.8 Å². The number of β-amino-alcohol motifs (C(OH)–C–C–N with tert-alkyl or cyclic N) is 1. The number of aliphatic hydroxyl groups is 1. The lowest BCUT2D eigenvalue weighted by Crippen LogP contribution is -2.48. The first-order valence-corrected chi connectivity index (χ1v) is 11.0. The Bertz CT molecular complexity index is 910. The van der Waals surface area contributed by atoms with Gasteiger partial charge in [-0.05, 0) is 69.4 Å². The molecule has 8 heteroatoms.